The van der Waals surface area contributed by atoms with Crippen molar-refractivity contribution in [1.82, 2.24) is 20.1 Å². The minimum Gasteiger partial charge on any atom is -0.313 e. The van der Waals surface area contributed by atoms with Gasteiger partial charge in [-0.3, -0.25) is 9.67 Å². The summed E-state index contributed by atoms with van der Waals surface area (Å²) >= 11 is 0. The van der Waals surface area contributed by atoms with Crippen LogP contribution in [0, 0.1) is 0 Å². The van der Waals surface area contributed by atoms with Crippen molar-refractivity contribution < 1.29 is 0 Å². The van der Waals surface area contributed by atoms with Crippen LogP contribution >= 0.6 is 0 Å². The number of hydrogen-bond acceptors (Lipinski definition) is 3. The number of pyridine rings is 1. The SMILES string of the molecule is CNC(Cc1cnn(C)c1)c1ccncc1. The minimum absolute atomic E-state index is 0.312. The molecule has 2 heterocycles. The van der Waals surface area contributed by atoms with E-state index in [1.807, 2.05) is 55.7 Å². The first kappa shape index (κ1) is 10.8. The standard InChI is InChI=1S/C12H16N4/c1-13-12(11-3-5-14-6-4-11)7-10-8-15-16(2)9-10/h3-6,8-9,12-13H,7H2,1-2H3. The number of aromatic nitrogens is 3. The molecule has 0 saturated carbocycles. The maximum atomic E-state index is 4.17. The summed E-state index contributed by atoms with van der Waals surface area (Å²) in [7, 11) is 3.91. The molecule has 0 aliphatic rings. The van der Waals surface area contributed by atoms with Crippen LogP contribution < -0.4 is 5.32 Å². The van der Waals surface area contributed by atoms with Gasteiger partial charge in [0.15, 0.2) is 0 Å². The van der Waals surface area contributed by atoms with Crippen LogP contribution in [0.1, 0.15) is 17.2 Å². The average Bonchev–Trinajstić information content (AvgIpc) is 2.73. The molecule has 2 aromatic rings. The normalized spacial score (nSPS) is 12.6. The molecule has 0 fully saturated rings. The van der Waals surface area contributed by atoms with Gasteiger partial charge < -0.3 is 5.32 Å². The molecule has 0 aromatic carbocycles. The summed E-state index contributed by atoms with van der Waals surface area (Å²) in [5.74, 6) is 0. The zero-order valence-electron chi connectivity index (χ0n) is 9.59. The predicted molar refractivity (Wildman–Crippen MR) is 62.9 cm³/mol. The van der Waals surface area contributed by atoms with E-state index in [0.29, 0.717) is 6.04 Å². The topological polar surface area (TPSA) is 42.7 Å². The Morgan fingerprint density at radius 2 is 2.12 bits per heavy atom. The van der Waals surface area contributed by atoms with Gasteiger partial charge in [0.2, 0.25) is 0 Å². The summed E-state index contributed by atoms with van der Waals surface area (Å²) < 4.78 is 1.83. The van der Waals surface area contributed by atoms with Gasteiger partial charge in [-0.1, -0.05) is 0 Å². The van der Waals surface area contributed by atoms with Crippen molar-refractivity contribution in [3.05, 3.63) is 48.0 Å². The van der Waals surface area contributed by atoms with Gasteiger partial charge in [0, 0.05) is 31.7 Å². The van der Waals surface area contributed by atoms with Gasteiger partial charge in [0.25, 0.3) is 0 Å². The first-order valence-corrected chi connectivity index (χ1v) is 5.34. The van der Waals surface area contributed by atoms with E-state index in [-0.39, 0.29) is 0 Å². The molecule has 84 valence electrons. The second-order valence-corrected chi connectivity index (χ2v) is 3.85. The van der Waals surface area contributed by atoms with Crippen molar-refractivity contribution in [2.75, 3.05) is 7.05 Å². The summed E-state index contributed by atoms with van der Waals surface area (Å²) in [5.41, 5.74) is 2.49. The molecule has 0 spiro atoms. The van der Waals surface area contributed by atoms with Gasteiger partial charge in [-0.2, -0.15) is 5.10 Å². The molecule has 2 rings (SSSR count). The van der Waals surface area contributed by atoms with Crippen molar-refractivity contribution in [3.63, 3.8) is 0 Å². The van der Waals surface area contributed by atoms with Gasteiger partial charge in [-0.15, -0.1) is 0 Å². The fraction of sp³-hybridized carbons (Fsp3) is 0.333. The number of nitrogens with zero attached hydrogens (tertiary/aromatic N) is 3. The van der Waals surface area contributed by atoms with E-state index < -0.39 is 0 Å². The summed E-state index contributed by atoms with van der Waals surface area (Å²) in [6.45, 7) is 0. The van der Waals surface area contributed by atoms with Crippen molar-refractivity contribution in [3.8, 4) is 0 Å². The molecule has 2 aromatic heterocycles. The average molecular weight is 216 g/mol. The Hall–Kier alpha value is -1.68. The molecule has 1 unspecified atom stereocenters. The smallest absolute Gasteiger partial charge is 0.0522 e. The molecule has 0 bridgehead atoms. The van der Waals surface area contributed by atoms with Crippen molar-refractivity contribution in [2.45, 2.75) is 12.5 Å². The zero-order chi connectivity index (χ0) is 11.4. The molecule has 0 saturated heterocycles. The largest absolute Gasteiger partial charge is 0.313 e. The van der Waals surface area contributed by atoms with E-state index in [1.165, 1.54) is 11.1 Å². The highest BCUT2D eigenvalue weighted by Crippen LogP contribution is 2.16. The number of hydrogen-bond donors (Lipinski definition) is 1. The van der Waals surface area contributed by atoms with E-state index in [2.05, 4.69) is 15.4 Å². The first-order valence-electron chi connectivity index (χ1n) is 5.34. The van der Waals surface area contributed by atoms with Crippen LogP contribution in [0.2, 0.25) is 0 Å². The van der Waals surface area contributed by atoms with Crippen molar-refractivity contribution in [1.29, 1.82) is 0 Å². The molecule has 0 radical (unpaired) electrons. The van der Waals surface area contributed by atoms with E-state index in [1.54, 1.807) is 0 Å². The Bertz CT molecular complexity index is 435. The highest BCUT2D eigenvalue weighted by Gasteiger charge is 2.10. The molecule has 4 heteroatoms. The minimum atomic E-state index is 0.312. The number of likely N-dealkylation sites (N-methyl/N-ethyl adjacent to an activating group) is 1. The third-order valence-electron chi connectivity index (χ3n) is 2.66. The molecule has 1 atom stereocenters. The summed E-state index contributed by atoms with van der Waals surface area (Å²) in [4.78, 5) is 4.03. The van der Waals surface area contributed by atoms with Gasteiger partial charge in [0.1, 0.15) is 0 Å². The van der Waals surface area contributed by atoms with Crippen LogP contribution in [0.3, 0.4) is 0 Å². The third kappa shape index (κ3) is 2.46. The summed E-state index contributed by atoms with van der Waals surface area (Å²) in [5, 5.41) is 7.49. The second kappa shape index (κ2) is 4.90. The van der Waals surface area contributed by atoms with Gasteiger partial charge in [-0.25, -0.2) is 0 Å². The van der Waals surface area contributed by atoms with Gasteiger partial charge >= 0.3 is 0 Å². The van der Waals surface area contributed by atoms with E-state index in [0.717, 1.165) is 6.42 Å². The predicted octanol–water partition coefficient (Wildman–Crippen LogP) is 1.32. The zero-order valence-corrected chi connectivity index (χ0v) is 9.59. The molecule has 16 heavy (non-hydrogen) atoms. The second-order valence-electron chi connectivity index (χ2n) is 3.85. The molecular weight excluding hydrogens is 200 g/mol. The van der Waals surface area contributed by atoms with Crippen molar-refractivity contribution >= 4 is 0 Å². The summed E-state index contributed by atoms with van der Waals surface area (Å²) in [6.07, 6.45) is 8.54. The lowest BCUT2D eigenvalue weighted by atomic mass is 10.0. The molecule has 0 aliphatic heterocycles. The number of rotatable bonds is 4. The molecule has 1 N–H and O–H groups in total. The van der Waals surface area contributed by atoms with Crippen LogP contribution in [0.4, 0.5) is 0 Å². The highest BCUT2D eigenvalue weighted by atomic mass is 15.2. The Morgan fingerprint density at radius 3 is 2.69 bits per heavy atom. The van der Waals surface area contributed by atoms with Crippen LogP contribution in [0.25, 0.3) is 0 Å². The lowest BCUT2D eigenvalue weighted by molar-refractivity contribution is 0.591. The van der Waals surface area contributed by atoms with Crippen LogP contribution in [0.5, 0.6) is 0 Å². The van der Waals surface area contributed by atoms with Gasteiger partial charge in [-0.05, 0) is 36.7 Å². The van der Waals surface area contributed by atoms with Gasteiger partial charge in [0.05, 0.1) is 6.20 Å². The van der Waals surface area contributed by atoms with Crippen molar-refractivity contribution in [2.24, 2.45) is 7.05 Å². The Kier molecular flexibility index (Phi) is 3.31. The quantitative estimate of drug-likeness (QED) is 0.838. The first-order chi connectivity index (χ1) is 7.79. The molecule has 4 nitrogen and oxygen atoms in total. The molecular formula is C12H16N4. The summed E-state index contributed by atoms with van der Waals surface area (Å²) in [6, 6.07) is 4.39. The fourth-order valence-electron chi connectivity index (χ4n) is 1.80. The Labute approximate surface area is 95.3 Å². The highest BCUT2D eigenvalue weighted by molar-refractivity contribution is 5.18. The van der Waals surface area contributed by atoms with E-state index in [4.69, 9.17) is 0 Å². The number of aryl methyl sites for hydroxylation is 1. The Morgan fingerprint density at radius 1 is 1.38 bits per heavy atom. The molecule has 0 aliphatic carbocycles. The van der Waals surface area contributed by atoms with Crippen LogP contribution in [-0.4, -0.2) is 21.8 Å². The Balaban J connectivity index is 2.12. The van der Waals surface area contributed by atoms with Crippen LogP contribution in [-0.2, 0) is 13.5 Å². The number of nitrogens with one attached hydrogen (secondary N) is 1. The van der Waals surface area contributed by atoms with E-state index >= 15 is 0 Å². The monoisotopic (exact) mass is 216 g/mol. The maximum Gasteiger partial charge on any atom is 0.0522 e. The maximum absolute atomic E-state index is 4.17. The van der Waals surface area contributed by atoms with E-state index in [9.17, 15) is 0 Å². The van der Waals surface area contributed by atoms with Crippen LogP contribution in [0.15, 0.2) is 36.9 Å². The third-order valence-corrected chi connectivity index (χ3v) is 2.66. The lowest BCUT2D eigenvalue weighted by Gasteiger charge is -2.15. The molecule has 0 amide bonds. The fourth-order valence-corrected chi connectivity index (χ4v) is 1.80. The lowest BCUT2D eigenvalue weighted by Crippen LogP contribution is -2.18.